The zero-order valence-electron chi connectivity index (χ0n) is 17.6. The third-order valence-electron chi connectivity index (χ3n) is 5.47. The van der Waals surface area contributed by atoms with Crippen molar-refractivity contribution in [2.45, 2.75) is 26.1 Å². The van der Waals surface area contributed by atoms with Crippen LogP contribution in [0.1, 0.15) is 16.1 Å². The van der Waals surface area contributed by atoms with E-state index in [1.165, 1.54) is 21.8 Å². The minimum Gasteiger partial charge on any atom is -0.300 e. The van der Waals surface area contributed by atoms with Gasteiger partial charge in [-0.2, -0.15) is 5.10 Å². The molecule has 0 bridgehead atoms. The smallest absolute Gasteiger partial charge is 0.246 e. The summed E-state index contributed by atoms with van der Waals surface area (Å²) in [6.45, 7) is 2.74. The fourth-order valence-electron chi connectivity index (χ4n) is 3.86. The zero-order chi connectivity index (χ0) is 22.8. The van der Waals surface area contributed by atoms with Gasteiger partial charge in [-0.3, -0.25) is 19.4 Å². The van der Waals surface area contributed by atoms with Crippen LogP contribution in [0.15, 0.2) is 54.6 Å². The Bertz CT molecular complexity index is 1330. The summed E-state index contributed by atoms with van der Waals surface area (Å²) in [5.41, 5.74) is 3.19. The van der Waals surface area contributed by atoms with Crippen LogP contribution in [0.5, 0.6) is 0 Å². The van der Waals surface area contributed by atoms with Gasteiger partial charge in [0.2, 0.25) is 5.91 Å². The number of hydrogen-bond donors (Lipinski definition) is 2. The molecule has 3 heterocycles. The molecule has 4 aromatic rings. The van der Waals surface area contributed by atoms with Gasteiger partial charge < -0.3 is 5.32 Å². The van der Waals surface area contributed by atoms with Crippen LogP contribution < -0.4 is 5.32 Å². The molecule has 10 heteroatoms. The average molecular weight is 497 g/mol. The first kappa shape index (κ1) is 22.0. The van der Waals surface area contributed by atoms with Crippen LogP contribution in [-0.2, 0) is 30.8 Å². The number of thiazole rings is 1. The molecule has 0 spiro atoms. The highest BCUT2D eigenvalue weighted by atomic mass is 35.5. The molecule has 1 aliphatic rings. The van der Waals surface area contributed by atoms with E-state index in [1.807, 2.05) is 18.2 Å². The number of carbonyl (C=O) groups is 1. The Kier molecular flexibility index (Phi) is 6.37. The number of amides is 1. The predicted molar refractivity (Wildman–Crippen MR) is 133 cm³/mol. The van der Waals surface area contributed by atoms with Gasteiger partial charge in [-0.15, -0.1) is 11.3 Å². The molecule has 2 N–H and O–H groups in total. The summed E-state index contributed by atoms with van der Waals surface area (Å²) in [5, 5.41) is 11.2. The van der Waals surface area contributed by atoms with E-state index in [2.05, 4.69) is 49.7 Å². The van der Waals surface area contributed by atoms with Crippen molar-refractivity contribution in [1.82, 2.24) is 24.6 Å². The molecule has 2 aromatic carbocycles. The van der Waals surface area contributed by atoms with Crippen molar-refractivity contribution < 1.29 is 4.79 Å². The second-order valence-corrected chi connectivity index (χ2v) is 9.74. The van der Waals surface area contributed by atoms with E-state index in [9.17, 15) is 4.79 Å². The fourth-order valence-corrected chi connectivity index (χ4v) is 5.25. The molecule has 2 aromatic heterocycles. The molecule has 168 valence electrons. The highest BCUT2D eigenvalue weighted by Crippen LogP contribution is 2.29. The number of aromatic amines is 1. The van der Waals surface area contributed by atoms with Gasteiger partial charge in [0.15, 0.2) is 15.7 Å². The quantitative estimate of drug-likeness (QED) is 0.371. The Morgan fingerprint density at radius 2 is 1.97 bits per heavy atom. The van der Waals surface area contributed by atoms with Gasteiger partial charge >= 0.3 is 0 Å². The lowest BCUT2D eigenvalue weighted by Gasteiger charge is -2.25. The first-order valence-electron chi connectivity index (χ1n) is 10.5. The topological polar surface area (TPSA) is 78.8 Å². The standard InChI is InChI=1S/C23H21ClN6OS2/c24-17-8-6-16(7-9-17)21-27-28-23(32)30(21)14-20(31)26-22-25-18-10-11-29(13-19(18)33-22)12-15-4-2-1-3-5-15/h1-9H,10-14H2,(H,28,32)(H,25,26,31). The number of halogens is 1. The third kappa shape index (κ3) is 5.06. The van der Waals surface area contributed by atoms with E-state index >= 15 is 0 Å². The van der Waals surface area contributed by atoms with E-state index < -0.39 is 0 Å². The molecular weight excluding hydrogens is 476 g/mol. The van der Waals surface area contributed by atoms with Gasteiger partial charge in [-0.1, -0.05) is 41.9 Å². The molecule has 1 aliphatic heterocycles. The van der Waals surface area contributed by atoms with Crippen molar-refractivity contribution >= 4 is 46.2 Å². The van der Waals surface area contributed by atoms with Crippen LogP contribution in [0.25, 0.3) is 11.4 Å². The highest BCUT2D eigenvalue weighted by molar-refractivity contribution is 7.71. The van der Waals surface area contributed by atoms with Crippen molar-refractivity contribution in [3.63, 3.8) is 0 Å². The summed E-state index contributed by atoms with van der Waals surface area (Å²) in [5.74, 6) is 0.386. The Morgan fingerprint density at radius 3 is 2.76 bits per heavy atom. The number of aromatic nitrogens is 4. The number of H-pyrrole nitrogens is 1. The highest BCUT2D eigenvalue weighted by Gasteiger charge is 2.22. The molecule has 0 saturated heterocycles. The summed E-state index contributed by atoms with van der Waals surface area (Å²) in [4.78, 5) is 21.1. The van der Waals surface area contributed by atoms with Crippen molar-refractivity contribution in [1.29, 1.82) is 0 Å². The van der Waals surface area contributed by atoms with E-state index in [1.54, 1.807) is 16.7 Å². The van der Waals surface area contributed by atoms with Gasteiger partial charge in [-0.25, -0.2) is 4.98 Å². The van der Waals surface area contributed by atoms with Crippen molar-refractivity contribution in [2.24, 2.45) is 0 Å². The first-order valence-corrected chi connectivity index (χ1v) is 12.1. The Hall–Kier alpha value is -2.85. The minimum atomic E-state index is -0.199. The normalized spacial score (nSPS) is 13.6. The van der Waals surface area contributed by atoms with Gasteiger partial charge in [0.05, 0.1) is 5.69 Å². The lowest BCUT2D eigenvalue weighted by molar-refractivity contribution is -0.116. The molecule has 0 saturated carbocycles. The van der Waals surface area contributed by atoms with Crippen molar-refractivity contribution in [2.75, 3.05) is 11.9 Å². The van der Waals surface area contributed by atoms with E-state index in [0.29, 0.717) is 20.7 Å². The second kappa shape index (κ2) is 9.56. The second-order valence-electron chi connectivity index (χ2n) is 7.83. The van der Waals surface area contributed by atoms with Gasteiger partial charge in [-0.05, 0) is 42.0 Å². The van der Waals surface area contributed by atoms with E-state index in [-0.39, 0.29) is 12.5 Å². The molecular formula is C23H21ClN6OS2. The molecule has 5 rings (SSSR count). The number of anilines is 1. The Morgan fingerprint density at radius 1 is 1.18 bits per heavy atom. The monoisotopic (exact) mass is 496 g/mol. The molecule has 0 radical (unpaired) electrons. The fraction of sp³-hybridized carbons (Fsp3) is 0.217. The van der Waals surface area contributed by atoms with Crippen molar-refractivity contribution in [3.8, 4) is 11.4 Å². The molecule has 1 amide bonds. The average Bonchev–Trinajstić information content (AvgIpc) is 3.37. The van der Waals surface area contributed by atoms with Crippen LogP contribution in [0.3, 0.4) is 0 Å². The summed E-state index contributed by atoms with van der Waals surface area (Å²) in [7, 11) is 0. The van der Waals surface area contributed by atoms with Gasteiger partial charge in [0.25, 0.3) is 0 Å². The maximum atomic E-state index is 12.8. The van der Waals surface area contributed by atoms with E-state index in [4.69, 9.17) is 23.8 Å². The molecule has 33 heavy (non-hydrogen) atoms. The molecule has 0 atom stereocenters. The number of hydrogen-bond acceptors (Lipinski definition) is 6. The summed E-state index contributed by atoms with van der Waals surface area (Å²) < 4.78 is 2.05. The van der Waals surface area contributed by atoms with Gasteiger partial charge in [0, 0.05) is 41.5 Å². The molecule has 7 nitrogen and oxygen atoms in total. The number of nitrogens with one attached hydrogen (secondary N) is 2. The first-order chi connectivity index (χ1) is 16.0. The van der Waals surface area contributed by atoms with Crippen molar-refractivity contribution in [3.05, 3.63) is 80.5 Å². The molecule has 0 aliphatic carbocycles. The number of carbonyl (C=O) groups excluding carboxylic acids is 1. The molecule has 0 fully saturated rings. The van der Waals surface area contributed by atoms with Crippen LogP contribution in [0.2, 0.25) is 5.02 Å². The van der Waals surface area contributed by atoms with Crippen LogP contribution >= 0.6 is 35.2 Å². The zero-order valence-corrected chi connectivity index (χ0v) is 20.0. The maximum absolute atomic E-state index is 12.8. The summed E-state index contributed by atoms with van der Waals surface area (Å²) >= 11 is 12.9. The number of rotatable bonds is 6. The van der Waals surface area contributed by atoms with Gasteiger partial charge in [0.1, 0.15) is 6.54 Å². The lowest BCUT2D eigenvalue weighted by atomic mass is 10.1. The van der Waals surface area contributed by atoms with Crippen LogP contribution in [0.4, 0.5) is 5.13 Å². The number of nitrogens with zero attached hydrogens (tertiary/aromatic N) is 4. The SMILES string of the molecule is O=C(Cn1c(-c2ccc(Cl)cc2)n[nH]c1=S)Nc1nc2c(s1)CN(Cc1ccccc1)CC2. The molecule has 0 unspecified atom stereocenters. The summed E-state index contributed by atoms with van der Waals surface area (Å²) in [6, 6.07) is 17.7. The third-order valence-corrected chi connectivity index (χ3v) is 7.03. The maximum Gasteiger partial charge on any atom is 0.246 e. The summed E-state index contributed by atoms with van der Waals surface area (Å²) in [6.07, 6.45) is 0.877. The van der Waals surface area contributed by atoms with Crippen LogP contribution in [0, 0.1) is 4.77 Å². The van der Waals surface area contributed by atoms with Crippen LogP contribution in [-0.4, -0.2) is 37.1 Å². The largest absolute Gasteiger partial charge is 0.300 e. The Labute approximate surface area is 205 Å². The predicted octanol–water partition coefficient (Wildman–Crippen LogP) is 4.91. The Balaban J connectivity index is 1.25. The minimum absolute atomic E-state index is 0.0394. The number of benzene rings is 2. The van der Waals surface area contributed by atoms with E-state index in [0.717, 1.165) is 37.3 Å². The number of fused-ring (bicyclic) bond motifs is 1. The lowest BCUT2D eigenvalue weighted by Crippen LogP contribution is -2.29.